The molecule has 1 heterocycles. The first-order chi connectivity index (χ1) is 11.8. The first-order valence-corrected chi connectivity index (χ1v) is 11.7. The molecule has 9 heteroatoms. The Morgan fingerprint density at radius 2 is 1.88 bits per heavy atom. The zero-order chi connectivity index (χ0) is 18.1. The number of fused-ring (bicyclic) bond motifs is 1. The fourth-order valence-corrected chi connectivity index (χ4v) is 6.18. The van der Waals surface area contributed by atoms with Crippen LogP contribution in [0.1, 0.15) is 36.8 Å². The molecule has 0 aromatic heterocycles. The molecular weight excluding hydrogens is 364 g/mol. The number of amides is 1. The fourth-order valence-electron chi connectivity index (χ4n) is 3.41. The molecule has 0 radical (unpaired) electrons. The van der Waals surface area contributed by atoms with Crippen molar-refractivity contribution >= 4 is 25.8 Å². The van der Waals surface area contributed by atoms with Crippen LogP contribution >= 0.6 is 0 Å². The van der Waals surface area contributed by atoms with Crippen molar-refractivity contribution in [2.45, 2.75) is 43.4 Å². The number of nitrogens with one attached hydrogen (secondary N) is 2. The van der Waals surface area contributed by atoms with Crippen LogP contribution in [0.25, 0.3) is 0 Å². The molecule has 138 valence electrons. The van der Waals surface area contributed by atoms with Crippen molar-refractivity contribution < 1.29 is 21.6 Å². The van der Waals surface area contributed by atoms with E-state index in [1.807, 2.05) is 6.07 Å². The number of sulfonamides is 1. The van der Waals surface area contributed by atoms with Gasteiger partial charge in [-0.05, 0) is 61.3 Å². The van der Waals surface area contributed by atoms with Crippen molar-refractivity contribution in [3.8, 4) is 0 Å². The van der Waals surface area contributed by atoms with Crippen LogP contribution in [0.2, 0.25) is 0 Å². The highest BCUT2D eigenvalue weighted by atomic mass is 32.2. The Labute approximate surface area is 148 Å². The standard InChI is InChI=1S/C16H22N2O5S2/c19-16(9-12-7-8-24(20,21)11-12)17-18-25(22,23)15-6-5-13-3-1-2-4-14(13)10-15/h5-6,10,12,18H,1-4,7-9,11H2,(H,17,19)/t12-/m1/s1. The molecule has 1 aliphatic heterocycles. The lowest BCUT2D eigenvalue weighted by atomic mass is 9.92. The molecule has 1 amide bonds. The Morgan fingerprint density at radius 1 is 1.16 bits per heavy atom. The molecule has 1 aromatic carbocycles. The number of rotatable bonds is 5. The van der Waals surface area contributed by atoms with Gasteiger partial charge in [0.25, 0.3) is 10.0 Å². The molecule has 0 saturated carbocycles. The third-order valence-corrected chi connectivity index (χ3v) is 7.84. The lowest BCUT2D eigenvalue weighted by Gasteiger charge is -2.17. The molecule has 1 fully saturated rings. The number of sulfone groups is 1. The fraction of sp³-hybridized carbons (Fsp3) is 0.562. The van der Waals surface area contributed by atoms with Gasteiger partial charge in [-0.25, -0.2) is 16.8 Å². The van der Waals surface area contributed by atoms with E-state index < -0.39 is 25.8 Å². The van der Waals surface area contributed by atoms with Gasteiger partial charge in [0.1, 0.15) is 0 Å². The van der Waals surface area contributed by atoms with Crippen LogP contribution in [-0.4, -0.2) is 34.2 Å². The number of aryl methyl sites for hydroxylation is 2. The summed E-state index contributed by atoms with van der Waals surface area (Å²) in [7, 11) is -6.90. The molecule has 0 spiro atoms. The van der Waals surface area contributed by atoms with E-state index in [0.717, 1.165) is 31.2 Å². The minimum absolute atomic E-state index is 0.00800. The molecular formula is C16H22N2O5S2. The van der Waals surface area contributed by atoms with Crippen LogP contribution < -0.4 is 10.3 Å². The molecule has 0 unspecified atom stereocenters. The van der Waals surface area contributed by atoms with Crippen molar-refractivity contribution in [1.29, 1.82) is 0 Å². The number of carbonyl (C=O) groups is 1. The van der Waals surface area contributed by atoms with E-state index in [4.69, 9.17) is 0 Å². The van der Waals surface area contributed by atoms with Crippen molar-refractivity contribution in [2.75, 3.05) is 11.5 Å². The molecule has 1 aliphatic carbocycles. The predicted octanol–water partition coefficient (Wildman–Crippen LogP) is 0.700. The zero-order valence-electron chi connectivity index (χ0n) is 13.8. The Bertz CT molecular complexity index is 878. The minimum atomic E-state index is -3.85. The maximum Gasteiger partial charge on any atom is 0.257 e. The molecule has 25 heavy (non-hydrogen) atoms. The monoisotopic (exact) mass is 386 g/mol. The van der Waals surface area contributed by atoms with Gasteiger partial charge in [-0.3, -0.25) is 10.2 Å². The van der Waals surface area contributed by atoms with E-state index in [2.05, 4.69) is 10.3 Å². The van der Waals surface area contributed by atoms with Crippen molar-refractivity contribution in [3.63, 3.8) is 0 Å². The summed E-state index contributed by atoms with van der Waals surface area (Å²) < 4.78 is 47.5. The summed E-state index contributed by atoms with van der Waals surface area (Å²) in [4.78, 5) is 14.1. The minimum Gasteiger partial charge on any atom is -0.278 e. The molecule has 7 nitrogen and oxygen atoms in total. The van der Waals surface area contributed by atoms with E-state index in [1.165, 1.54) is 5.56 Å². The van der Waals surface area contributed by atoms with Crippen LogP contribution in [0.15, 0.2) is 23.1 Å². The van der Waals surface area contributed by atoms with Crippen molar-refractivity contribution in [1.82, 2.24) is 10.3 Å². The van der Waals surface area contributed by atoms with E-state index >= 15 is 0 Å². The van der Waals surface area contributed by atoms with Crippen molar-refractivity contribution in [3.05, 3.63) is 29.3 Å². The van der Waals surface area contributed by atoms with E-state index in [9.17, 15) is 21.6 Å². The lowest BCUT2D eigenvalue weighted by molar-refractivity contribution is -0.122. The first kappa shape index (κ1) is 18.3. The largest absolute Gasteiger partial charge is 0.278 e. The number of hydrogen-bond acceptors (Lipinski definition) is 5. The second-order valence-electron chi connectivity index (χ2n) is 6.76. The Morgan fingerprint density at radius 3 is 2.56 bits per heavy atom. The van der Waals surface area contributed by atoms with Gasteiger partial charge >= 0.3 is 0 Å². The Hall–Kier alpha value is -1.45. The number of hydrogen-bond donors (Lipinski definition) is 2. The van der Waals surface area contributed by atoms with Crippen LogP contribution in [0.5, 0.6) is 0 Å². The maximum absolute atomic E-state index is 12.3. The van der Waals surface area contributed by atoms with Gasteiger partial charge in [0, 0.05) is 6.42 Å². The average Bonchev–Trinajstić information content (AvgIpc) is 2.91. The Kier molecular flexibility index (Phi) is 5.17. The average molecular weight is 386 g/mol. The highest BCUT2D eigenvalue weighted by molar-refractivity contribution is 7.91. The Balaban J connectivity index is 1.59. The SMILES string of the molecule is O=C(C[C@H]1CCS(=O)(=O)C1)NNS(=O)(=O)c1ccc2c(c1)CCCC2. The maximum atomic E-state index is 12.3. The second-order valence-corrected chi connectivity index (χ2v) is 10.7. The van der Waals surface area contributed by atoms with E-state index in [1.54, 1.807) is 12.1 Å². The summed E-state index contributed by atoms with van der Waals surface area (Å²) in [5, 5.41) is 0. The van der Waals surface area contributed by atoms with Gasteiger partial charge in [0.05, 0.1) is 16.4 Å². The van der Waals surface area contributed by atoms with Crippen LogP contribution in [0.3, 0.4) is 0 Å². The van der Waals surface area contributed by atoms with E-state index in [-0.39, 0.29) is 28.7 Å². The normalized spacial score (nSPS) is 22.3. The summed E-state index contributed by atoms with van der Waals surface area (Å²) in [6.07, 6.45) is 4.42. The highest BCUT2D eigenvalue weighted by Gasteiger charge is 2.29. The lowest BCUT2D eigenvalue weighted by Crippen LogP contribution is -2.42. The van der Waals surface area contributed by atoms with Gasteiger partial charge in [-0.15, -0.1) is 4.83 Å². The third kappa shape index (κ3) is 4.59. The molecule has 0 bridgehead atoms. The smallest absolute Gasteiger partial charge is 0.257 e. The molecule has 3 rings (SSSR count). The van der Waals surface area contributed by atoms with Crippen LogP contribution in [-0.2, 0) is 37.5 Å². The van der Waals surface area contributed by atoms with Gasteiger partial charge in [0.15, 0.2) is 9.84 Å². The number of carbonyl (C=O) groups excluding carboxylic acids is 1. The zero-order valence-corrected chi connectivity index (χ0v) is 15.5. The quantitative estimate of drug-likeness (QED) is 0.724. The van der Waals surface area contributed by atoms with Crippen LogP contribution in [0, 0.1) is 5.92 Å². The van der Waals surface area contributed by atoms with Crippen molar-refractivity contribution in [2.24, 2.45) is 5.92 Å². The topological polar surface area (TPSA) is 109 Å². The van der Waals surface area contributed by atoms with Gasteiger partial charge in [0.2, 0.25) is 5.91 Å². The first-order valence-electron chi connectivity index (χ1n) is 8.38. The van der Waals surface area contributed by atoms with Gasteiger partial charge < -0.3 is 0 Å². The summed E-state index contributed by atoms with van der Waals surface area (Å²) in [6, 6.07) is 5.03. The summed E-state index contributed by atoms with van der Waals surface area (Å²) in [5.74, 6) is -0.703. The number of benzene rings is 1. The third-order valence-electron chi connectivity index (χ3n) is 4.76. The summed E-state index contributed by atoms with van der Waals surface area (Å²) in [5.41, 5.74) is 4.40. The number of hydrazine groups is 1. The highest BCUT2D eigenvalue weighted by Crippen LogP contribution is 2.24. The molecule has 2 N–H and O–H groups in total. The molecule has 1 atom stereocenters. The van der Waals surface area contributed by atoms with E-state index in [0.29, 0.717) is 6.42 Å². The molecule has 1 saturated heterocycles. The summed E-state index contributed by atoms with van der Waals surface area (Å²) >= 11 is 0. The predicted molar refractivity (Wildman–Crippen MR) is 92.9 cm³/mol. The molecule has 2 aliphatic rings. The molecule has 1 aromatic rings. The van der Waals surface area contributed by atoms with Gasteiger partial charge in [-0.2, -0.15) is 0 Å². The van der Waals surface area contributed by atoms with Crippen LogP contribution in [0.4, 0.5) is 0 Å². The van der Waals surface area contributed by atoms with Gasteiger partial charge in [-0.1, -0.05) is 6.07 Å². The summed E-state index contributed by atoms with van der Waals surface area (Å²) in [6.45, 7) is 0. The second kappa shape index (κ2) is 7.05.